The first-order valence-electron chi connectivity index (χ1n) is 7.77. The molecule has 1 fully saturated rings. The number of likely N-dealkylation sites (tertiary alicyclic amines) is 1. The minimum atomic E-state index is -0.845. The largest absolute Gasteiger partial charge is 0.481 e. The maximum Gasteiger partial charge on any atom is 0.410 e. The number of carbonyl (C=O) groups excluding carboxylic acids is 1. The molecule has 22 heavy (non-hydrogen) atoms. The predicted molar refractivity (Wildman–Crippen MR) is 84.9 cm³/mol. The third-order valence-electron chi connectivity index (χ3n) is 4.59. The molecule has 0 saturated carbocycles. The molecule has 0 aromatic carbocycles. The van der Waals surface area contributed by atoms with Crippen molar-refractivity contribution in [2.45, 2.75) is 71.1 Å². The SMILES string of the molecule is CCC(C)(C)N(C)C1(CC(=O)O)CN(C(=O)OC(C)(C)C)C1. The highest BCUT2D eigenvalue weighted by molar-refractivity contribution is 5.73. The molecule has 1 rings (SSSR count). The van der Waals surface area contributed by atoms with Crippen molar-refractivity contribution < 1.29 is 19.4 Å². The fraction of sp³-hybridized carbons (Fsp3) is 0.875. The van der Waals surface area contributed by atoms with E-state index in [2.05, 4.69) is 25.7 Å². The average molecular weight is 314 g/mol. The van der Waals surface area contributed by atoms with Gasteiger partial charge in [0.15, 0.2) is 0 Å². The summed E-state index contributed by atoms with van der Waals surface area (Å²) in [6.07, 6.45) is 0.542. The maximum absolute atomic E-state index is 12.1. The van der Waals surface area contributed by atoms with Crippen LogP contribution in [0.4, 0.5) is 4.79 Å². The van der Waals surface area contributed by atoms with Gasteiger partial charge in [0.1, 0.15) is 5.60 Å². The lowest BCUT2D eigenvalue weighted by molar-refractivity contribution is -0.149. The van der Waals surface area contributed by atoms with E-state index in [0.29, 0.717) is 13.1 Å². The Labute approximate surface area is 133 Å². The number of nitrogens with zero attached hydrogens (tertiary/aromatic N) is 2. The van der Waals surface area contributed by atoms with E-state index in [-0.39, 0.29) is 18.1 Å². The Balaban J connectivity index is 2.84. The van der Waals surface area contributed by atoms with E-state index >= 15 is 0 Å². The first-order chi connectivity index (χ1) is 9.83. The molecule has 128 valence electrons. The Morgan fingerprint density at radius 3 is 2.09 bits per heavy atom. The van der Waals surface area contributed by atoms with Gasteiger partial charge in [-0.05, 0) is 48.1 Å². The Kier molecular flexibility index (Phi) is 5.17. The molecule has 0 aliphatic carbocycles. The fourth-order valence-electron chi connectivity index (χ4n) is 2.72. The monoisotopic (exact) mass is 314 g/mol. The van der Waals surface area contributed by atoms with Crippen LogP contribution in [-0.2, 0) is 9.53 Å². The van der Waals surface area contributed by atoms with Crippen molar-refractivity contribution in [1.82, 2.24) is 9.80 Å². The van der Waals surface area contributed by atoms with Gasteiger partial charge in [-0.25, -0.2) is 4.79 Å². The summed E-state index contributed by atoms with van der Waals surface area (Å²) in [7, 11) is 1.94. The zero-order valence-corrected chi connectivity index (χ0v) is 14.9. The lowest BCUT2D eigenvalue weighted by Gasteiger charge is -2.58. The number of ether oxygens (including phenoxy) is 1. The zero-order valence-electron chi connectivity index (χ0n) is 14.9. The van der Waals surface area contributed by atoms with Crippen molar-refractivity contribution in [2.24, 2.45) is 0 Å². The number of likely N-dealkylation sites (N-methyl/N-ethyl adjacent to an activating group) is 1. The van der Waals surface area contributed by atoms with Gasteiger partial charge in [0.05, 0.1) is 12.0 Å². The number of rotatable bonds is 5. The van der Waals surface area contributed by atoms with Crippen LogP contribution >= 0.6 is 0 Å². The molecular weight excluding hydrogens is 284 g/mol. The van der Waals surface area contributed by atoms with Gasteiger partial charge in [-0.3, -0.25) is 9.69 Å². The van der Waals surface area contributed by atoms with Crippen molar-refractivity contribution in [2.75, 3.05) is 20.1 Å². The fourth-order valence-corrected chi connectivity index (χ4v) is 2.72. The molecule has 0 radical (unpaired) electrons. The van der Waals surface area contributed by atoms with Crippen molar-refractivity contribution in [3.8, 4) is 0 Å². The van der Waals surface area contributed by atoms with Crippen LogP contribution in [0.25, 0.3) is 0 Å². The second-order valence-electron chi connectivity index (χ2n) is 7.86. The second kappa shape index (κ2) is 6.07. The van der Waals surface area contributed by atoms with Crippen LogP contribution < -0.4 is 0 Å². The highest BCUT2D eigenvalue weighted by Gasteiger charge is 2.53. The Morgan fingerprint density at radius 1 is 1.23 bits per heavy atom. The minimum Gasteiger partial charge on any atom is -0.481 e. The molecule has 0 unspecified atom stereocenters. The van der Waals surface area contributed by atoms with Crippen LogP contribution in [0.5, 0.6) is 0 Å². The summed E-state index contributed by atoms with van der Waals surface area (Å²) in [6, 6.07) is 0. The van der Waals surface area contributed by atoms with Crippen LogP contribution in [0.15, 0.2) is 0 Å². The first-order valence-corrected chi connectivity index (χ1v) is 7.77. The van der Waals surface area contributed by atoms with Crippen LogP contribution in [0.2, 0.25) is 0 Å². The lowest BCUT2D eigenvalue weighted by atomic mass is 9.80. The number of amides is 1. The van der Waals surface area contributed by atoms with E-state index in [4.69, 9.17) is 4.74 Å². The number of hydrogen-bond donors (Lipinski definition) is 1. The molecule has 6 heteroatoms. The van der Waals surface area contributed by atoms with E-state index in [0.717, 1.165) is 6.42 Å². The zero-order chi connectivity index (χ0) is 17.3. The summed E-state index contributed by atoms with van der Waals surface area (Å²) < 4.78 is 5.35. The molecule has 6 nitrogen and oxygen atoms in total. The standard InChI is InChI=1S/C16H30N2O4/c1-8-15(5,6)17(7)16(9-12(19)20)10-18(11-16)13(21)22-14(2,3)4/h8-11H2,1-7H3,(H,19,20). The molecule has 1 heterocycles. The van der Waals surface area contributed by atoms with Gasteiger partial charge in [-0.1, -0.05) is 6.92 Å². The topological polar surface area (TPSA) is 70.1 Å². The highest BCUT2D eigenvalue weighted by Crippen LogP contribution is 2.37. The van der Waals surface area contributed by atoms with E-state index in [1.54, 1.807) is 4.90 Å². The van der Waals surface area contributed by atoms with Gasteiger partial charge < -0.3 is 14.7 Å². The number of carbonyl (C=O) groups is 2. The van der Waals surface area contributed by atoms with E-state index < -0.39 is 17.1 Å². The lowest BCUT2D eigenvalue weighted by Crippen LogP contribution is -2.74. The molecule has 0 spiro atoms. The van der Waals surface area contributed by atoms with Gasteiger partial charge >= 0.3 is 12.1 Å². The van der Waals surface area contributed by atoms with Crippen molar-refractivity contribution in [3.63, 3.8) is 0 Å². The van der Waals surface area contributed by atoms with Crippen LogP contribution in [0.1, 0.15) is 54.4 Å². The van der Waals surface area contributed by atoms with Crippen LogP contribution in [0.3, 0.4) is 0 Å². The summed E-state index contributed by atoms with van der Waals surface area (Å²) in [5.74, 6) is -0.845. The Hall–Kier alpha value is -1.30. The summed E-state index contributed by atoms with van der Waals surface area (Å²) in [5.41, 5.74) is -1.20. The van der Waals surface area contributed by atoms with Crippen LogP contribution in [-0.4, -0.2) is 63.8 Å². The maximum atomic E-state index is 12.1. The summed E-state index contributed by atoms with van der Waals surface area (Å²) in [6.45, 7) is 12.5. The summed E-state index contributed by atoms with van der Waals surface area (Å²) in [5, 5.41) is 9.25. The molecule has 1 N–H and O–H groups in total. The first kappa shape index (κ1) is 18.7. The summed E-state index contributed by atoms with van der Waals surface area (Å²) >= 11 is 0. The van der Waals surface area contributed by atoms with Gasteiger partial charge in [0, 0.05) is 18.6 Å². The van der Waals surface area contributed by atoms with Crippen molar-refractivity contribution in [3.05, 3.63) is 0 Å². The predicted octanol–water partition coefficient (Wildman–Crippen LogP) is 2.57. The summed E-state index contributed by atoms with van der Waals surface area (Å²) in [4.78, 5) is 27.1. The minimum absolute atomic E-state index is 0.0201. The smallest absolute Gasteiger partial charge is 0.410 e. The Bertz CT molecular complexity index is 434. The second-order valence-corrected chi connectivity index (χ2v) is 7.86. The average Bonchev–Trinajstić information content (AvgIpc) is 2.29. The number of aliphatic carboxylic acids is 1. The number of hydrogen-bond acceptors (Lipinski definition) is 4. The molecule has 0 bridgehead atoms. The normalized spacial score (nSPS) is 18.1. The van der Waals surface area contributed by atoms with Crippen LogP contribution in [0, 0.1) is 0 Å². The molecule has 0 aromatic heterocycles. The van der Waals surface area contributed by atoms with Gasteiger partial charge in [-0.2, -0.15) is 0 Å². The third kappa shape index (κ3) is 4.12. The molecule has 0 atom stereocenters. The van der Waals surface area contributed by atoms with Gasteiger partial charge in [-0.15, -0.1) is 0 Å². The third-order valence-corrected chi connectivity index (χ3v) is 4.59. The van der Waals surface area contributed by atoms with E-state index in [9.17, 15) is 14.7 Å². The molecule has 1 aliphatic heterocycles. The molecule has 1 amide bonds. The van der Waals surface area contributed by atoms with E-state index in [1.165, 1.54) is 0 Å². The highest BCUT2D eigenvalue weighted by atomic mass is 16.6. The Morgan fingerprint density at radius 2 is 1.73 bits per heavy atom. The number of carboxylic acid groups (broad SMARTS) is 1. The molecule has 1 saturated heterocycles. The van der Waals surface area contributed by atoms with Crippen molar-refractivity contribution >= 4 is 12.1 Å². The molecule has 1 aliphatic rings. The van der Waals surface area contributed by atoms with Crippen molar-refractivity contribution in [1.29, 1.82) is 0 Å². The molecule has 0 aromatic rings. The van der Waals surface area contributed by atoms with E-state index in [1.807, 2.05) is 27.8 Å². The van der Waals surface area contributed by atoms with Gasteiger partial charge in [0.25, 0.3) is 0 Å². The number of carboxylic acids is 1. The molecular formula is C16H30N2O4. The van der Waals surface area contributed by atoms with Gasteiger partial charge in [0.2, 0.25) is 0 Å². The quantitative estimate of drug-likeness (QED) is 0.844.